The minimum absolute atomic E-state index is 0. The van der Waals surface area contributed by atoms with E-state index >= 15 is 0 Å². The number of hydrogen-bond acceptors (Lipinski definition) is 8. The van der Waals surface area contributed by atoms with Crippen LogP contribution in [0.25, 0.3) is 0 Å². The monoisotopic (exact) mass is 528 g/mol. The van der Waals surface area contributed by atoms with Gasteiger partial charge in [-0.3, -0.25) is 0 Å². The molecule has 0 radical (unpaired) electrons. The number of carbonyl (C=O) groups excluding carboxylic acids is 4. The van der Waals surface area contributed by atoms with Crippen LogP contribution in [0.15, 0.2) is 0 Å². The van der Waals surface area contributed by atoms with E-state index in [0.29, 0.717) is 0 Å². The van der Waals surface area contributed by atoms with Crippen molar-refractivity contribution in [3.05, 3.63) is 0 Å². The van der Waals surface area contributed by atoms with Crippen molar-refractivity contribution in [3.8, 4) is 0 Å². The molecule has 0 unspecified atom stereocenters. The normalized spacial score (nSPS) is 5.90. The SMILES string of the molecule is CC(=O)[O-].CC(=O)[O-].CC(=O)[O-].CC(=O)[O-].ClCCl.[Pb+4]. The summed E-state index contributed by atoms with van der Waals surface area (Å²) >= 11 is 9.53. The summed E-state index contributed by atoms with van der Waals surface area (Å²) in [5.74, 6) is -4.33. The van der Waals surface area contributed by atoms with Gasteiger partial charge in [-0.05, 0) is 27.7 Å². The number of halogens is 2. The fourth-order valence-corrected chi connectivity index (χ4v) is 0. The van der Waals surface area contributed by atoms with Crippen LogP contribution in [0.5, 0.6) is 0 Å². The predicted molar refractivity (Wildman–Crippen MR) is 65.1 cm³/mol. The Labute approximate surface area is 146 Å². The maximum absolute atomic E-state index is 8.89. The van der Waals surface area contributed by atoms with E-state index in [1.165, 1.54) is 0 Å². The van der Waals surface area contributed by atoms with Gasteiger partial charge in [-0.1, -0.05) is 0 Å². The first-order valence-electron chi connectivity index (χ1n) is 4.17. The summed E-state index contributed by atoms with van der Waals surface area (Å²) in [5.41, 5.74) is 0. The van der Waals surface area contributed by atoms with Gasteiger partial charge in [-0.25, -0.2) is 0 Å². The fraction of sp³-hybridized carbons (Fsp3) is 0.556. The molecule has 0 heterocycles. The molecule has 0 saturated carbocycles. The van der Waals surface area contributed by atoms with Crippen LogP contribution >= 0.6 is 23.2 Å². The van der Waals surface area contributed by atoms with Gasteiger partial charge in [-0.15, -0.1) is 23.2 Å². The van der Waals surface area contributed by atoms with Gasteiger partial charge in [-0.2, -0.15) is 0 Å². The zero-order valence-electron chi connectivity index (χ0n) is 11.2. The molecule has 0 atom stereocenters. The van der Waals surface area contributed by atoms with Crippen LogP contribution in [0.4, 0.5) is 0 Å². The topological polar surface area (TPSA) is 161 Å². The van der Waals surface area contributed by atoms with Crippen molar-refractivity contribution in [1.82, 2.24) is 0 Å². The van der Waals surface area contributed by atoms with E-state index in [1.807, 2.05) is 0 Å². The molecule has 0 bridgehead atoms. The second-order valence-electron chi connectivity index (χ2n) is 2.07. The van der Waals surface area contributed by atoms with Crippen molar-refractivity contribution >= 4 is 74.4 Å². The molecule has 0 fully saturated rings. The largest absolute Gasteiger partial charge is 4.00 e. The minimum Gasteiger partial charge on any atom is -0.550 e. The Kier molecular flexibility index (Phi) is 66.2. The average molecular weight is 528 g/mol. The Bertz CT molecular complexity index is 184. The van der Waals surface area contributed by atoms with E-state index in [0.717, 1.165) is 27.7 Å². The first-order chi connectivity index (χ1) is 8.34. The molecule has 0 aromatic heterocycles. The Morgan fingerprint density at radius 2 is 0.650 bits per heavy atom. The molecule has 20 heavy (non-hydrogen) atoms. The van der Waals surface area contributed by atoms with E-state index in [-0.39, 0.29) is 32.6 Å². The first kappa shape index (κ1) is 36.6. The van der Waals surface area contributed by atoms with Gasteiger partial charge in [0.15, 0.2) is 0 Å². The van der Waals surface area contributed by atoms with Crippen LogP contribution in [0, 0.1) is 0 Å². The van der Waals surface area contributed by atoms with E-state index in [9.17, 15) is 0 Å². The summed E-state index contributed by atoms with van der Waals surface area (Å²) in [6.45, 7) is 3.89. The molecule has 0 amide bonds. The Balaban J connectivity index is -0.0000000304. The first-order valence-corrected chi connectivity index (χ1v) is 5.24. The van der Waals surface area contributed by atoms with Crippen molar-refractivity contribution in [1.29, 1.82) is 0 Å². The Morgan fingerprint density at radius 3 is 0.650 bits per heavy atom. The summed E-state index contributed by atoms with van der Waals surface area (Å²) in [7, 11) is 0. The van der Waals surface area contributed by atoms with Crippen LogP contribution in [0.2, 0.25) is 0 Å². The molecule has 0 aliphatic heterocycles. The second kappa shape index (κ2) is 36.2. The molecule has 0 saturated heterocycles. The smallest absolute Gasteiger partial charge is 0.550 e. The van der Waals surface area contributed by atoms with Gasteiger partial charge in [0.1, 0.15) is 0 Å². The number of hydrogen-bond donors (Lipinski definition) is 0. The number of alkyl halides is 2. The van der Waals surface area contributed by atoms with Crippen LogP contribution in [0.1, 0.15) is 27.7 Å². The zero-order valence-corrected chi connectivity index (χ0v) is 16.6. The van der Waals surface area contributed by atoms with Crippen molar-refractivity contribution in [3.63, 3.8) is 0 Å². The van der Waals surface area contributed by atoms with E-state index in [2.05, 4.69) is 0 Å². The van der Waals surface area contributed by atoms with Gasteiger partial charge in [0.2, 0.25) is 0 Å². The van der Waals surface area contributed by atoms with Crippen LogP contribution < -0.4 is 20.4 Å². The van der Waals surface area contributed by atoms with Crippen LogP contribution in [0.3, 0.4) is 0 Å². The third-order valence-electron chi connectivity index (χ3n) is 0. The van der Waals surface area contributed by atoms with E-state index in [4.69, 9.17) is 62.8 Å². The molecule has 0 aromatic carbocycles. The molecule has 8 nitrogen and oxygen atoms in total. The summed E-state index contributed by atoms with van der Waals surface area (Å²) in [6, 6.07) is 0. The van der Waals surface area contributed by atoms with Crippen LogP contribution in [-0.2, 0) is 19.2 Å². The number of rotatable bonds is 0. The van der Waals surface area contributed by atoms with Crippen molar-refractivity contribution in [2.75, 3.05) is 5.34 Å². The number of carboxylic acid groups (broad SMARTS) is 4. The summed E-state index contributed by atoms with van der Waals surface area (Å²) in [4.78, 5) is 35.6. The molecule has 0 aromatic rings. The fourth-order valence-electron chi connectivity index (χ4n) is 0. The molecule has 0 aliphatic carbocycles. The van der Waals surface area contributed by atoms with Gasteiger partial charge in [0.25, 0.3) is 0 Å². The number of carbonyl (C=O) groups is 4. The average Bonchev–Trinajstić information content (AvgIpc) is 1.97. The maximum atomic E-state index is 8.89. The molecule has 0 aliphatic rings. The number of aliphatic carboxylic acids is 4. The molecular weight excluding hydrogens is 514 g/mol. The predicted octanol–water partition coefficient (Wildman–Crippen LogP) is -3.93. The Hall–Kier alpha value is -0.618. The third-order valence-corrected chi connectivity index (χ3v) is 0. The quantitative estimate of drug-likeness (QED) is 0.228. The van der Waals surface area contributed by atoms with Gasteiger partial charge in [0, 0.05) is 23.9 Å². The Morgan fingerprint density at radius 1 is 0.650 bits per heavy atom. The zero-order chi connectivity index (χ0) is 17.0. The minimum atomic E-state index is -1.08. The number of carboxylic acids is 4. The molecule has 0 spiro atoms. The van der Waals surface area contributed by atoms with E-state index in [1.54, 1.807) is 0 Å². The molecule has 11 heteroatoms. The molecule has 0 rings (SSSR count). The summed E-state index contributed by atoms with van der Waals surface area (Å²) in [6.07, 6.45) is 0. The van der Waals surface area contributed by atoms with Gasteiger partial charge in [0.05, 0.1) is 5.34 Å². The van der Waals surface area contributed by atoms with Crippen LogP contribution in [-0.4, -0.2) is 56.5 Å². The molecule has 116 valence electrons. The second-order valence-corrected chi connectivity index (χ2v) is 2.88. The van der Waals surface area contributed by atoms with Gasteiger partial charge >= 0.3 is 27.3 Å². The summed E-state index contributed by atoms with van der Waals surface area (Å²) in [5, 5.41) is 35.8. The summed E-state index contributed by atoms with van der Waals surface area (Å²) < 4.78 is 0. The van der Waals surface area contributed by atoms with E-state index < -0.39 is 23.9 Å². The molecule has 0 N–H and O–H groups in total. The van der Waals surface area contributed by atoms with Gasteiger partial charge < -0.3 is 39.6 Å². The van der Waals surface area contributed by atoms with Crippen molar-refractivity contribution in [2.45, 2.75) is 27.7 Å². The standard InChI is InChI=1S/4C2H4O2.CH2Cl2.Pb/c4*1-2(3)4;2-1-3;/h4*1H3,(H,3,4);1H2;/q;;;;;+4/p-4. The van der Waals surface area contributed by atoms with Crippen molar-refractivity contribution < 1.29 is 39.6 Å². The third kappa shape index (κ3) is 12200. The maximum Gasteiger partial charge on any atom is 4.00 e. The molecular formula is C9H14Cl2O8Pb. The van der Waals surface area contributed by atoms with Crippen molar-refractivity contribution in [2.24, 2.45) is 0 Å².